The zero-order valence-corrected chi connectivity index (χ0v) is 12.4. The van der Waals surface area contributed by atoms with Crippen molar-refractivity contribution in [2.45, 2.75) is 6.92 Å². The van der Waals surface area contributed by atoms with Gasteiger partial charge in [-0.05, 0) is 35.7 Å². The van der Waals surface area contributed by atoms with Crippen molar-refractivity contribution in [2.24, 2.45) is 0 Å². The lowest BCUT2D eigenvalue weighted by molar-refractivity contribution is 0.102. The van der Waals surface area contributed by atoms with Crippen molar-refractivity contribution < 1.29 is 4.79 Å². The summed E-state index contributed by atoms with van der Waals surface area (Å²) in [6, 6.07) is 25.4. The van der Waals surface area contributed by atoms with E-state index in [1.807, 2.05) is 85.8 Å². The number of aryl methyl sites for hydroxylation is 1. The fraction of sp³-hybridized carbons (Fsp3) is 0.0500. The van der Waals surface area contributed by atoms with E-state index in [4.69, 9.17) is 0 Å². The average molecular weight is 287 g/mol. The monoisotopic (exact) mass is 287 g/mol. The minimum atomic E-state index is -0.0804. The number of anilines is 1. The Morgan fingerprint density at radius 1 is 0.773 bits per heavy atom. The van der Waals surface area contributed by atoms with Gasteiger partial charge < -0.3 is 5.32 Å². The molecule has 0 radical (unpaired) electrons. The highest BCUT2D eigenvalue weighted by atomic mass is 16.1. The Hall–Kier alpha value is -2.87. The van der Waals surface area contributed by atoms with Gasteiger partial charge in [-0.15, -0.1) is 0 Å². The van der Waals surface area contributed by atoms with Gasteiger partial charge in [0.05, 0.1) is 5.56 Å². The molecule has 3 aromatic rings. The fourth-order valence-electron chi connectivity index (χ4n) is 2.54. The Kier molecular flexibility index (Phi) is 4.01. The Labute approximate surface area is 130 Å². The number of para-hydroxylation sites is 1. The Morgan fingerprint density at radius 2 is 1.41 bits per heavy atom. The van der Waals surface area contributed by atoms with Crippen LogP contribution in [-0.2, 0) is 0 Å². The molecule has 0 aliphatic heterocycles. The molecule has 1 amide bonds. The molecule has 0 heterocycles. The van der Waals surface area contributed by atoms with Crippen LogP contribution >= 0.6 is 0 Å². The van der Waals surface area contributed by atoms with Crippen molar-refractivity contribution in [2.75, 3.05) is 5.32 Å². The van der Waals surface area contributed by atoms with Gasteiger partial charge in [0.15, 0.2) is 0 Å². The lowest BCUT2D eigenvalue weighted by atomic mass is 9.95. The predicted octanol–water partition coefficient (Wildman–Crippen LogP) is 4.91. The third-order valence-corrected chi connectivity index (χ3v) is 3.62. The maximum Gasteiger partial charge on any atom is 0.256 e. The first-order valence-electron chi connectivity index (χ1n) is 7.27. The molecule has 0 bridgehead atoms. The van der Waals surface area contributed by atoms with Crippen LogP contribution in [0.5, 0.6) is 0 Å². The lowest BCUT2D eigenvalue weighted by Crippen LogP contribution is -2.14. The smallest absolute Gasteiger partial charge is 0.256 e. The summed E-state index contributed by atoms with van der Waals surface area (Å²) >= 11 is 0. The Bertz CT molecular complexity index is 779. The molecular formula is C20H17NO. The molecule has 0 aromatic heterocycles. The van der Waals surface area contributed by atoms with Crippen molar-refractivity contribution in [1.29, 1.82) is 0 Å². The number of carbonyl (C=O) groups excluding carboxylic acids is 1. The molecule has 22 heavy (non-hydrogen) atoms. The van der Waals surface area contributed by atoms with Crippen molar-refractivity contribution in [3.8, 4) is 11.1 Å². The maximum absolute atomic E-state index is 12.7. The fourth-order valence-corrected chi connectivity index (χ4v) is 2.54. The molecule has 0 spiro atoms. The van der Waals surface area contributed by atoms with Crippen LogP contribution in [0, 0.1) is 6.92 Å². The zero-order chi connectivity index (χ0) is 15.4. The number of carbonyl (C=O) groups is 1. The minimum Gasteiger partial charge on any atom is -0.322 e. The van der Waals surface area contributed by atoms with Crippen LogP contribution in [-0.4, -0.2) is 5.91 Å². The van der Waals surface area contributed by atoms with Gasteiger partial charge in [-0.25, -0.2) is 0 Å². The van der Waals surface area contributed by atoms with E-state index in [0.29, 0.717) is 0 Å². The van der Waals surface area contributed by atoms with E-state index >= 15 is 0 Å². The lowest BCUT2D eigenvalue weighted by Gasteiger charge is -2.13. The summed E-state index contributed by atoms with van der Waals surface area (Å²) in [5, 5.41) is 2.97. The van der Waals surface area contributed by atoms with Crippen LogP contribution in [0.2, 0.25) is 0 Å². The molecule has 0 aliphatic rings. The summed E-state index contributed by atoms with van der Waals surface area (Å²) < 4.78 is 0. The van der Waals surface area contributed by atoms with Crippen molar-refractivity contribution in [3.63, 3.8) is 0 Å². The van der Waals surface area contributed by atoms with E-state index in [1.54, 1.807) is 0 Å². The Morgan fingerprint density at radius 3 is 2.09 bits per heavy atom. The predicted molar refractivity (Wildman–Crippen MR) is 91.0 cm³/mol. The topological polar surface area (TPSA) is 29.1 Å². The van der Waals surface area contributed by atoms with E-state index in [1.165, 1.54) is 0 Å². The average Bonchev–Trinajstić information content (AvgIpc) is 2.56. The molecule has 0 unspecified atom stereocenters. The van der Waals surface area contributed by atoms with Crippen molar-refractivity contribution in [1.82, 2.24) is 0 Å². The summed E-state index contributed by atoms with van der Waals surface area (Å²) in [4.78, 5) is 12.7. The molecular weight excluding hydrogens is 270 g/mol. The SMILES string of the molecule is Cc1cccc(-c2ccccc2)c1C(=O)Nc1ccccc1. The third-order valence-electron chi connectivity index (χ3n) is 3.62. The highest BCUT2D eigenvalue weighted by Gasteiger charge is 2.15. The van der Waals surface area contributed by atoms with Gasteiger partial charge in [-0.3, -0.25) is 4.79 Å². The standard InChI is InChI=1S/C20H17NO/c1-15-9-8-14-18(16-10-4-2-5-11-16)19(15)20(22)21-17-12-6-3-7-13-17/h2-14H,1H3,(H,21,22). The molecule has 1 N–H and O–H groups in total. The van der Waals surface area contributed by atoms with E-state index < -0.39 is 0 Å². The third kappa shape index (κ3) is 2.91. The molecule has 0 aliphatic carbocycles. The summed E-state index contributed by atoms with van der Waals surface area (Å²) in [5.41, 5.74) is 4.49. The molecule has 3 aromatic carbocycles. The molecule has 0 fully saturated rings. The van der Waals surface area contributed by atoms with Gasteiger partial charge in [-0.1, -0.05) is 66.7 Å². The van der Waals surface area contributed by atoms with Gasteiger partial charge in [0.2, 0.25) is 0 Å². The van der Waals surface area contributed by atoms with Crippen LogP contribution in [0.25, 0.3) is 11.1 Å². The van der Waals surface area contributed by atoms with Crippen LogP contribution < -0.4 is 5.32 Å². The van der Waals surface area contributed by atoms with Gasteiger partial charge >= 0.3 is 0 Å². The van der Waals surface area contributed by atoms with E-state index in [2.05, 4.69) is 5.32 Å². The molecule has 2 heteroatoms. The van der Waals surface area contributed by atoms with E-state index in [9.17, 15) is 4.79 Å². The highest BCUT2D eigenvalue weighted by Crippen LogP contribution is 2.26. The first-order chi connectivity index (χ1) is 10.8. The quantitative estimate of drug-likeness (QED) is 0.728. The van der Waals surface area contributed by atoms with Crippen LogP contribution in [0.1, 0.15) is 15.9 Å². The number of nitrogens with one attached hydrogen (secondary N) is 1. The van der Waals surface area contributed by atoms with Crippen LogP contribution in [0.4, 0.5) is 5.69 Å². The summed E-state index contributed by atoms with van der Waals surface area (Å²) in [5.74, 6) is -0.0804. The summed E-state index contributed by atoms with van der Waals surface area (Å²) in [6.45, 7) is 1.96. The summed E-state index contributed by atoms with van der Waals surface area (Å²) in [6.07, 6.45) is 0. The normalized spacial score (nSPS) is 10.2. The maximum atomic E-state index is 12.7. The first kappa shape index (κ1) is 14.1. The van der Waals surface area contributed by atoms with E-state index in [0.717, 1.165) is 27.9 Å². The minimum absolute atomic E-state index is 0.0804. The van der Waals surface area contributed by atoms with Crippen LogP contribution in [0.15, 0.2) is 78.9 Å². The number of hydrogen-bond donors (Lipinski definition) is 1. The molecule has 2 nitrogen and oxygen atoms in total. The van der Waals surface area contributed by atoms with E-state index in [-0.39, 0.29) is 5.91 Å². The number of amides is 1. The zero-order valence-electron chi connectivity index (χ0n) is 12.4. The molecule has 0 atom stereocenters. The van der Waals surface area contributed by atoms with Crippen molar-refractivity contribution >= 4 is 11.6 Å². The Balaban J connectivity index is 2.01. The van der Waals surface area contributed by atoms with Gasteiger partial charge in [0, 0.05) is 5.69 Å². The highest BCUT2D eigenvalue weighted by molar-refractivity contribution is 6.09. The largest absolute Gasteiger partial charge is 0.322 e. The van der Waals surface area contributed by atoms with Crippen LogP contribution in [0.3, 0.4) is 0 Å². The van der Waals surface area contributed by atoms with Gasteiger partial charge in [-0.2, -0.15) is 0 Å². The number of benzene rings is 3. The first-order valence-corrected chi connectivity index (χ1v) is 7.27. The second-order valence-corrected chi connectivity index (χ2v) is 5.18. The second kappa shape index (κ2) is 6.27. The van der Waals surface area contributed by atoms with Gasteiger partial charge in [0.25, 0.3) is 5.91 Å². The molecule has 0 saturated heterocycles. The van der Waals surface area contributed by atoms with Crippen molar-refractivity contribution in [3.05, 3.63) is 90.0 Å². The molecule has 108 valence electrons. The van der Waals surface area contributed by atoms with Gasteiger partial charge in [0.1, 0.15) is 0 Å². The number of rotatable bonds is 3. The second-order valence-electron chi connectivity index (χ2n) is 5.18. The molecule has 3 rings (SSSR count). The summed E-state index contributed by atoms with van der Waals surface area (Å²) in [7, 11) is 0. The number of hydrogen-bond acceptors (Lipinski definition) is 1. The molecule has 0 saturated carbocycles.